The zero-order valence-corrected chi connectivity index (χ0v) is 19.5. The van der Waals surface area contributed by atoms with Crippen LogP contribution >= 0.6 is 0 Å². The van der Waals surface area contributed by atoms with Crippen molar-refractivity contribution in [1.82, 2.24) is 5.32 Å². The van der Waals surface area contributed by atoms with Crippen molar-refractivity contribution in [1.29, 1.82) is 0 Å². The number of benzene rings is 2. The maximum Gasteiger partial charge on any atom is 0.407 e. The van der Waals surface area contributed by atoms with E-state index >= 15 is 0 Å². The summed E-state index contributed by atoms with van der Waals surface area (Å²) in [6.07, 6.45) is 0.174. The monoisotopic (exact) mass is 439 g/mol. The molecule has 0 aliphatic heterocycles. The van der Waals surface area contributed by atoms with E-state index < -0.39 is 23.7 Å². The molecule has 1 amide bonds. The van der Waals surface area contributed by atoms with Gasteiger partial charge in [-0.25, -0.2) is 9.59 Å². The third-order valence-electron chi connectivity index (χ3n) is 5.52. The summed E-state index contributed by atoms with van der Waals surface area (Å²) < 4.78 is 16.5. The molecule has 0 saturated carbocycles. The van der Waals surface area contributed by atoms with Gasteiger partial charge in [-0.1, -0.05) is 55.5 Å². The molecule has 0 radical (unpaired) electrons. The van der Waals surface area contributed by atoms with Crippen LogP contribution in [0.3, 0.4) is 0 Å². The van der Waals surface area contributed by atoms with Gasteiger partial charge in [0, 0.05) is 18.4 Å². The van der Waals surface area contributed by atoms with Crippen LogP contribution in [0, 0.1) is 5.92 Å². The quantitative estimate of drug-likeness (QED) is 0.467. The van der Waals surface area contributed by atoms with E-state index in [1.165, 1.54) is 7.11 Å². The van der Waals surface area contributed by atoms with Crippen LogP contribution in [-0.4, -0.2) is 44.0 Å². The summed E-state index contributed by atoms with van der Waals surface area (Å²) >= 11 is 0. The molecule has 2 atom stereocenters. The number of fused-ring (bicyclic) bond motifs is 3. The number of rotatable bonds is 8. The molecule has 1 aliphatic carbocycles. The van der Waals surface area contributed by atoms with Crippen molar-refractivity contribution in [2.24, 2.45) is 5.92 Å². The van der Waals surface area contributed by atoms with Crippen LogP contribution in [0.15, 0.2) is 48.5 Å². The summed E-state index contributed by atoms with van der Waals surface area (Å²) in [4.78, 5) is 25.6. The summed E-state index contributed by atoms with van der Waals surface area (Å²) in [5.74, 6) is -1.04. The van der Waals surface area contributed by atoms with Crippen LogP contribution in [0.2, 0.25) is 0 Å². The van der Waals surface area contributed by atoms with E-state index in [0.29, 0.717) is 6.61 Å². The van der Waals surface area contributed by atoms with Crippen LogP contribution in [0.25, 0.3) is 11.1 Å². The zero-order valence-electron chi connectivity index (χ0n) is 19.5. The number of alkyl carbamates (subject to hydrolysis) is 1. The molecule has 3 rings (SSSR count). The smallest absolute Gasteiger partial charge is 0.407 e. The fraction of sp³-hybridized carbons (Fsp3) is 0.462. The maximum absolute atomic E-state index is 13.3. The van der Waals surface area contributed by atoms with E-state index in [-0.39, 0.29) is 18.4 Å². The minimum absolute atomic E-state index is 0.145. The van der Waals surface area contributed by atoms with Crippen LogP contribution in [0.5, 0.6) is 0 Å². The second-order valence-corrected chi connectivity index (χ2v) is 9.04. The van der Waals surface area contributed by atoms with Crippen molar-refractivity contribution in [3.63, 3.8) is 0 Å². The van der Waals surface area contributed by atoms with Gasteiger partial charge in [-0.05, 0) is 49.4 Å². The molecule has 0 aromatic heterocycles. The standard InChI is InChI=1S/C26H33NO5/c1-6-15-31-16-21(23(27-25(29)30-5)24(28)32-26(2,3)4)22-19-13-9-7-11-17(19)18-12-8-10-14-20(18)22/h7-14,21-23H,6,15-16H2,1-5H3,(H,27,29). The van der Waals surface area contributed by atoms with Gasteiger partial charge in [-0.3, -0.25) is 0 Å². The molecular formula is C26H33NO5. The third-order valence-corrected chi connectivity index (χ3v) is 5.52. The van der Waals surface area contributed by atoms with Gasteiger partial charge in [0.2, 0.25) is 0 Å². The predicted octanol–water partition coefficient (Wildman–Crippen LogP) is 4.91. The second-order valence-electron chi connectivity index (χ2n) is 9.04. The number of nitrogens with one attached hydrogen (secondary N) is 1. The van der Waals surface area contributed by atoms with Gasteiger partial charge >= 0.3 is 12.1 Å². The number of methoxy groups -OCH3 is 1. The summed E-state index contributed by atoms with van der Waals surface area (Å²) in [5, 5.41) is 2.74. The Kier molecular flexibility index (Phi) is 7.56. The predicted molar refractivity (Wildman–Crippen MR) is 123 cm³/mol. The van der Waals surface area contributed by atoms with Crippen LogP contribution in [0.4, 0.5) is 4.79 Å². The lowest BCUT2D eigenvalue weighted by atomic mass is 9.80. The molecule has 0 bridgehead atoms. The third kappa shape index (κ3) is 5.30. The molecule has 2 aromatic rings. The van der Waals surface area contributed by atoms with Gasteiger partial charge in [-0.15, -0.1) is 0 Å². The normalized spacial score (nSPS) is 14.8. The number of ether oxygens (including phenoxy) is 3. The number of amides is 1. The van der Waals surface area contributed by atoms with E-state index in [9.17, 15) is 9.59 Å². The average Bonchev–Trinajstić information content (AvgIpc) is 3.08. The SMILES string of the molecule is CCCOCC(C(NC(=O)OC)C(=O)OC(C)(C)C)C1c2ccccc2-c2ccccc21. The molecule has 0 spiro atoms. The number of carbonyl (C=O) groups is 2. The van der Waals surface area contributed by atoms with E-state index in [4.69, 9.17) is 14.2 Å². The Labute approximate surface area is 190 Å². The first-order valence-corrected chi connectivity index (χ1v) is 11.1. The van der Waals surface area contributed by atoms with E-state index in [0.717, 1.165) is 28.7 Å². The molecule has 0 heterocycles. The highest BCUT2D eigenvalue weighted by Gasteiger charge is 2.43. The van der Waals surface area contributed by atoms with Crippen LogP contribution < -0.4 is 5.32 Å². The van der Waals surface area contributed by atoms with Crippen molar-refractivity contribution >= 4 is 12.1 Å². The molecule has 0 saturated heterocycles. The highest BCUT2D eigenvalue weighted by molar-refractivity contribution is 5.84. The maximum atomic E-state index is 13.3. The van der Waals surface area contributed by atoms with Crippen molar-refractivity contribution < 1.29 is 23.8 Å². The lowest BCUT2D eigenvalue weighted by Gasteiger charge is -2.33. The van der Waals surface area contributed by atoms with Crippen molar-refractivity contribution in [2.75, 3.05) is 20.3 Å². The molecule has 2 aromatic carbocycles. The Morgan fingerprint density at radius 3 is 2.06 bits per heavy atom. The summed E-state index contributed by atoms with van der Waals surface area (Å²) in [7, 11) is 1.28. The molecule has 1 N–H and O–H groups in total. The lowest BCUT2D eigenvalue weighted by molar-refractivity contribution is -0.159. The molecule has 172 valence electrons. The topological polar surface area (TPSA) is 73.9 Å². The van der Waals surface area contributed by atoms with Gasteiger partial charge in [-0.2, -0.15) is 0 Å². The Morgan fingerprint density at radius 1 is 1.00 bits per heavy atom. The average molecular weight is 440 g/mol. The van der Waals surface area contributed by atoms with Gasteiger partial charge in [0.05, 0.1) is 13.7 Å². The van der Waals surface area contributed by atoms with E-state index in [2.05, 4.69) is 29.6 Å². The van der Waals surface area contributed by atoms with Gasteiger partial charge in [0.25, 0.3) is 0 Å². The highest BCUT2D eigenvalue weighted by atomic mass is 16.6. The zero-order chi connectivity index (χ0) is 23.3. The fourth-order valence-corrected chi connectivity index (χ4v) is 4.30. The lowest BCUT2D eigenvalue weighted by Crippen LogP contribution is -2.51. The first-order valence-electron chi connectivity index (χ1n) is 11.1. The number of carbonyl (C=O) groups excluding carboxylic acids is 2. The molecule has 6 heteroatoms. The molecule has 32 heavy (non-hydrogen) atoms. The Morgan fingerprint density at radius 2 is 1.56 bits per heavy atom. The van der Waals surface area contributed by atoms with E-state index in [1.54, 1.807) is 0 Å². The summed E-state index contributed by atoms with van der Waals surface area (Å²) in [5.41, 5.74) is 3.79. The Balaban J connectivity index is 2.09. The highest BCUT2D eigenvalue weighted by Crippen LogP contribution is 2.49. The molecule has 2 unspecified atom stereocenters. The van der Waals surface area contributed by atoms with Crippen molar-refractivity contribution in [2.45, 2.75) is 51.7 Å². The minimum Gasteiger partial charge on any atom is -0.458 e. The van der Waals surface area contributed by atoms with Crippen LogP contribution in [-0.2, 0) is 19.0 Å². The summed E-state index contributed by atoms with van der Waals surface area (Å²) in [6.45, 7) is 8.31. The fourth-order valence-electron chi connectivity index (χ4n) is 4.30. The van der Waals surface area contributed by atoms with Crippen molar-refractivity contribution in [3.8, 4) is 11.1 Å². The minimum atomic E-state index is -0.942. The second kappa shape index (κ2) is 10.2. The number of hydrogen-bond acceptors (Lipinski definition) is 5. The van der Waals surface area contributed by atoms with E-state index in [1.807, 2.05) is 52.0 Å². The molecule has 1 aliphatic rings. The first-order chi connectivity index (χ1) is 15.3. The Hall–Kier alpha value is -2.86. The molecular weight excluding hydrogens is 406 g/mol. The number of esters is 1. The molecule has 0 fully saturated rings. The largest absolute Gasteiger partial charge is 0.458 e. The van der Waals surface area contributed by atoms with Gasteiger partial charge in [0.1, 0.15) is 11.6 Å². The van der Waals surface area contributed by atoms with Crippen molar-refractivity contribution in [3.05, 3.63) is 59.7 Å². The van der Waals surface area contributed by atoms with Gasteiger partial charge in [0.15, 0.2) is 0 Å². The van der Waals surface area contributed by atoms with Crippen LogP contribution in [0.1, 0.15) is 51.2 Å². The van der Waals surface area contributed by atoms with Gasteiger partial charge < -0.3 is 19.5 Å². The number of hydrogen-bond donors (Lipinski definition) is 1. The first kappa shape index (κ1) is 23.8. The molecule has 6 nitrogen and oxygen atoms in total. The summed E-state index contributed by atoms with van der Waals surface area (Å²) in [6, 6.07) is 15.4. The Bertz CT molecular complexity index is 904.